The molecule has 0 radical (unpaired) electrons. The van der Waals surface area contributed by atoms with Crippen molar-refractivity contribution in [2.24, 2.45) is 0 Å². The fourth-order valence-corrected chi connectivity index (χ4v) is 2.74. The molecule has 116 valence electrons. The van der Waals surface area contributed by atoms with Crippen LogP contribution in [0.25, 0.3) is 11.0 Å². The number of nitrogens with zero attached hydrogens (tertiary/aromatic N) is 2. The van der Waals surface area contributed by atoms with Crippen molar-refractivity contribution in [2.45, 2.75) is 18.7 Å². The van der Waals surface area contributed by atoms with E-state index in [0.717, 1.165) is 33.0 Å². The lowest BCUT2D eigenvalue weighted by Crippen LogP contribution is -2.12. The van der Waals surface area contributed by atoms with E-state index in [-0.39, 0.29) is 5.91 Å². The van der Waals surface area contributed by atoms with Crippen LogP contribution >= 0.6 is 11.8 Å². The van der Waals surface area contributed by atoms with E-state index >= 15 is 0 Å². The Labute approximate surface area is 139 Å². The number of nitrogens with one attached hydrogen (secondary N) is 1. The van der Waals surface area contributed by atoms with E-state index in [2.05, 4.69) is 15.3 Å². The molecule has 4 nitrogen and oxygen atoms in total. The van der Waals surface area contributed by atoms with E-state index in [4.69, 9.17) is 0 Å². The topological polar surface area (TPSA) is 54.9 Å². The Bertz CT molecular complexity index is 893. The van der Waals surface area contributed by atoms with E-state index in [1.165, 1.54) is 0 Å². The highest BCUT2D eigenvalue weighted by Gasteiger charge is 2.09. The third kappa shape index (κ3) is 3.35. The first kappa shape index (κ1) is 15.5. The third-order valence-electron chi connectivity index (χ3n) is 3.67. The van der Waals surface area contributed by atoms with Gasteiger partial charge in [-0.05, 0) is 56.5 Å². The number of fused-ring (bicyclic) bond motifs is 1. The summed E-state index contributed by atoms with van der Waals surface area (Å²) in [7, 11) is 0. The Hall–Kier alpha value is -2.40. The van der Waals surface area contributed by atoms with Gasteiger partial charge in [0, 0.05) is 16.1 Å². The molecule has 0 bridgehead atoms. The predicted octanol–water partition coefficient (Wildman–Crippen LogP) is 4.22. The molecule has 0 aliphatic heterocycles. The van der Waals surface area contributed by atoms with Crippen LogP contribution in [0.15, 0.2) is 47.4 Å². The number of hydrogen-bond acceptors (Lipinski definition) is 4. The summed E-state index contributed by atoms with van der Waals surface area (Å²) in [6.45, 7) is 3.85. The van der Waals surface area contributed by atoms with Crippen molar-refractivity contribution in [1.82, 2.24) is 9.97 Å². The molecule has 0 unspecified atom stereocenters. The Morgan fingerprint density at radius 3 is 2.48 bits per heavy atom. The first-order chi connectivity index (χ1) is 11.1. The number of amides is 1. The maximum absolute atomic E-state index is 12.4. The smallest absolute Gasteiger partial charge is 0.255 e. The number of carbonyl (C=O) groups excluding carboxylic acids is 1. The molecule has 0 aliphatic carbocycles. The highest BCUT2D eigenvalue weighted by atomic mass is 32.2. The van der Waals surface area contributed by atoms with Gasteiger partial charge in [0.2, 0.25) is 0 Å². The van der Waals surface area contributed by atoms with Gasteiger partial charge >= 0.3 is 0 Å². The summed E-state index contributed by atoms with van der Waals surface area (Å²) in [5.41, 5.74) is 4.68. The van der Waals surface area contributed by atoms with Gasteiger partial charge in [-0.15, -0.1) is 11.8 Å². The predicted molar refractivity (Wildman–Crippen MR) is 95.2 cm³/mol. The number of benzene rings is 2. The van der Waals surface area contributed by atoms with Crippen molar-refractivity contribution >= 4 is 34.4 Å². The second kappa shape index (κ2) is 6.38. The van der Waals surface area contributed by atoms with Crippen LogP contribution in [0, 0.1) is 13.8 Å². The van der Waals surface area contributed by atoms with Gasteiger partial charge in [0.05, 0.1) is 22.4 Å². The van der Waals surface area contributed by atoms with Crippen LogP contribution in [0.2, 0.25) is 0 Å². The van der Waals surface area contributed by atoms with Crippen LogP contribution in [-0.4, -0.2) is 22.1 Å². The zero-order chi connectivity index (χ0) is 16.4. The molecule has 1 heterocycles. The van der Waals surface area contributed by atoms with Crippen molar-refractivity contribution in [2.75, 3.05) is 11.6 Å². The lowest BCUT2D eigenvalue weighted by Gasteiger charge is -2.08. The van der Waals surface area contributed by atoms with Crippen LogP contribution in [0.3, 0.4) is 0 Å². The Kier molecular flexibility index (Phi) is 4.30. The summed E-state index contributed by atoms with van der Waals surface area (Å²) in [6.07, 6.45) is 2.01. The van der Waals surface area contributed by atoms with Crippen molar-refractivity contribution in [3.05, 3.63) is 59.4 Å². The standard InChI is InChI=1S/C18H17N3OS/c1-11-12(2)20-17-9-13(7-8-16(17)19-11)18(22)21-14-5-4-6-15(10-14)23-3/h4-10H,1-3H3,(H,21,22). The number of aromatic nitrogens is 2. The molecule has 3 aromatic rings. The Morgan fingerprint density at radius 2 is 1.74 bits per heavy atom. The average Bonchev–Trinajstić information content (AvgIpc) is 2.55. The second-order valence-electron chi connectivity index (χ2n) is 5.28. The van der Waals surface area contributed by atoms with Gasteiger partial charge in [0.15, 0.2) is 0 Å². The third-order valence-corrected chi connectivity index (χ3v) is 4.39. The molecular weight excluding hydrogens is 306 g/mol. The van der Waals surface area contributed by atoms with Crippen molar-refractivity contribution in [3.8, 4) is 0 Å². The van der Waals surface area contributed by atoms with Gasteiger partial charge in [-0.1, -0.05) is 6.07 Å². The highest BCUT2D eigenvalue weighted by Crippen LogP contribution is 2.20. The van der Waals surface area contributed by atoms with E-state index in [1.807, 2.05) is 50.4 Å². The maximum Gasteiger partial charge on any atom is 0.255 e. The molecule has 2 aromatic carbocycles. The van der Waals surface area contributed by atoms with Crippen LogP contribution in [0.1, 0.15) is 21.7 Å². The normalized spacial score (nSPS) is 10.7. The molecule has 23 heavy (non-hydrogen) atoms. The lowest BCUT2D eigenvalue weighted by atomic mass is 10.1. The lowest BCUT2D eigenvalue weighted by molar-refractivity contribution is 0.102. The van der Waals surface area contributed by atoms with Crippen molar-refractivity contribution in [3.63, 3.8) is 0 Å². The molecule has 0 saturated heterocycles. The number of aryl methyl sites for hydroxylation is 2. The SMILES string of the molecule is CSc1cccc(NC(=O)c2ccc3nc(C)c(C)nc3c2)c1. The molecular formula is C18H17N3OS. The van der Waals surface area contributed by atoms with Gasteiger partial charge in [0.1, 0.15) is 0 Å². The Balaban J connectivity index is 1.89. The van der Waals surface area contributed by atoms with E-state index in [0.29, 0.717) is 5.56 Å². The summed E-state index contributed by atoms with van der Waals surface area (Å²) in [6, 6.07) is 13.2. The first-order valence-corrected chi connectivity index (χ1v) is 8.50. The molecule has 1 N–H and O–H groups in total. The van der Waals surface area contributed by atoms with Crippen LogP contribution in [0.5, 0.6) is 0 Å². The molecule has 5 heteroatoms. The minimum atomic E-state index is -0.148. The fraction of sp³-hybridized carbons (Fsp3) is 0.167. The molecule has 0 atom stereocenters. The zero-order valence-electron chi connectivity index (χ0n) is 13.3. The van der Waals surface area contributed by atoms with Gasteiger partial charge < -0.3 is 5.32 Å². The average molecular weight is 323 g/mol. The van der Waals surface area contributed by atoms with Gasteiger partial charge in [0.25, 0.3) is 5.91 Å². The van der Waals surface area contributed by atoms with Gasteiger partial charge in [-0.2, -0.15) is 0 Å². The molecule has 0 fully saturated rings. The summed E-state index contributed by atoms with van der Waals surface area (Å²) in [5, 5.41) is 2.92. The van der Waals surface area contributed by atoms with Crippen LogP contribution in [-0.2, 0) is 0 Å². The van der Waals surface area contributed by atoms with Gasteiger partial charge in [-0.3, -0.25) is 4.79 Å². The highest BCUT2D eigenvalue weighted by molar-refractivity contribution is 7.98. The van der Waals surface area contributed by atoms with Crippen molar-refractivity contribution in [1.29, 1.82) is 0 Å². The van der Waals surface area contributed by atoms with Gasteiger partial charge in [-0.25, -0.2) is 9.97 Å². The van der Waals surface area contributed by atoms with E-state index in [9.17, 15) is 4.79 Å². The molecule has 0 saturated carbocycles. The minimum absolute atomic E-state index is 0.148. The van der Waals surface area contributed by atoms with Crippen LogP contribution in [0.4, 0.5) is 5.69 Å². The fourth-order valence-electron chi connectivity index (χ4n) is 2.28. The van der Waals surface area contributed by atoms with Crippen molar-refractivity contribution < 1.29 is 4.79 Å². The van der Waals surface area contributed by atoms with E-state index in [1.54, 1.807) is 23.9 Å². The number of rotatable bonds is 3. The molecule has 1 amide bonds. The summed E-state index contributed by atoms with van der Waals surface area (Å²) in [4.78, 5) is 22.5. The van der Waals surface area contributed by atoms with Crippen LogP contribution < -0.4 is 5.32 Å². The zero-order valence-corrected chi connectivity index (χ0v) is 14.1. The second-order valence-corrected chi connectivity index (χ2v) is 6.16. The maximum atomic E-state index is 12.4. The number of hydrogen-bond donors (Lipinski definition) is 1. The summed E-state index contributed by atoms with van der Waals surface area (Å²) >= 11 is 1.64. The first-order valence-electron chi connectivity index (χ1n) is 7.27. The van der Waals surface area contributed by atoms with E-state index < -0.39 is 0 Å². The summed E-state index contributed by atoms with van der Waals surface area (Å²) < 4.78 is 0. The number of thioether (sulfide) groups is 1. The molecule has 0 aliphatic rings. The minimum Gasteiger partial charge on any atom is -0.322 e. The summed E-state index contributed by atoms with van der Waals surface area (Å²) in [5.74, 6) is -0.148. The monoisotopic (exact) mass is 323 g/mol. The number of carbonyl (C=O) groups is 1. The largest absolute Gasteiger partial charge is 0.322 e. The quantitative estimate of drug-likeness (QED) is 0.733. The Morgan fingerprint density at radius 1 is 1.00 bits per heavy atom. The number of anilines is 1. The molecule has 3 rings (SSSR count). The molecule has 0 spiro atoms. The molecule has 1 aromatic heterocycles.